The molecule has 0 saturated carbocycles. The monoisotopic (exact) mass is 283 g/mol. The Kier molecular flexibility index (Phi) is 4.08. The van der Waals surface area contributed by atoms with Crippen LogP contribution in [0.15, 0.2) is 54.6 Å². The molecule has 2 N–H and O–H groups in total. The standard InChI is InChI=1S/C17H17NO3/c1-12-8-10-13(11-9-12)15(19)18-17(2,16(20)21)14-6-4-3-5-7-14/h3-11H,1-2H3,(H,18,19)(H,20,21). The van der Waals surface area contributed by atoms with Crippen molar-refractivity contribution in [1.82, 2.24) is 5.32 Å². The predicted molar refractivity (Wildman–Crippen MR) is 80.1 cm³/mol. The minimum atomic E-state index is -1.47. The van der Waals surface area contributed by atoms with Gasteiger partial charge in [0.1, 0.15) is 0 Å². The molecule has 0 bridgehead atoms. The summed E-state index contributed by atoms with van der Waals surface area (Å²) in [4.78, 5) is 23.9. The van der Waals surface area contributed by atoms with Crippen molar-refractivity contribution in [3.63, 3.8) is 0 Å². The third-order valence-corrected chi connectivity index (χ3v) is 3.46. The third-order valence-electron chi connectivity index (χ3n) is 3.46. The van der Waals surface area contributed by atoms with E-state index < -0.39 is 17.4 Å². The summed E-state index contributed by atoms with van der Waals surface area (Å²) < 4.78 is 0. The Morgan fingerprint density at radius 2 is 1.57 bits per heavy atom. The minimum absolute atomic E-state index is 0.413. The van der Waals surface area contributed by atoms with Crippen molar-refractivity contribution in [3.8, 4) is 0 Å². The maximum Gasteiger partial charge on any atom is 0.333 e. The van der Waals surface area contributed by atoms with E-state index in [0.717, 1.165) is 5.56 Å². The number of carboxylic acids is 1. The van der Waals surface area contributed by atoms with E-state index in [-0.39, 0.29) is 0 Å². The molecule has 1 atom stereocenters. The van der Waals surface area contributed by atoms with Gasteiger partial charge in [-0.05, 0) is 31.5 Å². The van der Waals surface area contributed by atoms with Gasteiger partial charge in [-0.25, -0.2) is 4.79 Å². The second kappa shape index (κ2) is 5.79. The van der Waals surface area contributed by atoms with Crippen LogP contribution in [0.1, 0.15) is 28.4 Å². The van der Waals surface area contributed by atoms with Crippen molar-refractivity contribution >= 4 is 11.9 Å². The van der Waals surface area contributed by atoms with E-state index in [2.05, 4.69) is 5.32 Å². The number of rotatable bonds is 4. The number of hydrogen-bond acceptors (Lipinski definition) is 2. The van der Waals surface area contributed by atoms with Crippen LogP contribution in [0, 0.1) is 6.92 Å². The number of aliphatic carboxylic acids is 1. The van der Waals surface area contributed by atoms with Gasteiger partial charge in [0, 0.05) is 5.56 Å². The van der Waals surface area contributed by atoms with E-state index >= 15 is 0 Å². The Hall–Kier alpha value is -2.62. The van der Waals surface area contributed by atoms with E-state index in [4.69, 9.17) is 0 Å². The number of nitrogens with one attached hydrogen (secondary N) is 1. The molecular weight excluding hydrogens is 266 g/mol. The van der Waals surface area contributed by atoms with Gasteiger partial charge < -0.3 is 10.4 Å². The van der Waals surface area contributed by atoms with Crippen LogP contribution < -0.4 is 5.32 Å². The van der Waals surface area contributed by atoms with Crippen molar-refractivity contribution in [2.24, 2.45) is 0 Å². The highest BCUT2D eigenvalue weighted by molar-refractivity contribution is 5.98. The highest BCUT2D eigenvalue weighted by Crippen LogP contribution is 2.21. The molecule has 0 spiro atoms. The van der Waals surface area contributed by atoms with E-state index in [1.807, 2.05) is 19.1 Å². The van der Waals surface area contributed by atoms with Gasteiger partial charge in [0.2, 0.25) is 0 Å². The molecule has 0 fully saturated rings. The van der Waals surface area contributed by atoms with Gasteiger partial charge in [0.05, 0.1) is 0 Å². The number of carbonyl (C=O) groups is 2. The zero-order chi connectivity index (χ0) is 15.5. The first kappa shape index (κ1) is 14.8. The summed E-state index contributed by atoms with van der Waals surface area (Å²) in [7, 11) is 0. The van der Waals surface area contributed by atoms with E-state index in [1.165, 1.54) is 6.92 Å². The van der Waals surface area contributed by atoms with Gasteiger partial charge in [-0.15, -0.1) is 0 Å². The molecule has 1 unspecified atom stereocenters. The zero-order valence-corrected chi connectivity index (χ0v) is 12.0. The summed E-state index contributed by atoms with van der Waals surface area (Å²) in [6.07, 6.45) is 0. The molecular formula is C17H17NO3. The second-order valence-electron chi connectivity index (χ2n) is 5.12. The van der Waals surface area contributed by atoms with E-state index in [1.54, 1.807) is 42.5 Å². The third kappa shape index (κ3) is 3.11. The smallest absolute Gasteiger partial charge is 0.333 e. The second-order valence-corrected chi connectivity index (χ2v) is 5.12. The highest BCUT2D eigenvalue weighted by atomic mass is 16.4. The molecule has 2 aromatic carbocycles. The molecule has 0 aromatic heterocycles. The Balaban J connectivity index is 2.31. The molecule has 21 heavy (non-hydrogen) atoms. The Bertz CT molecular complexity index is 649. The molecule has 4 heteroatoms. The molecule has 0 aliphatic carbocycles. The number of aryl methyl sites for hydroxylation is 1. The van der Waals surface area contributed by atoms with Crippen molar-refractivity contribution in [2.45, 2.75) is 19.4 Å². The molecule has 1 amide bonds. The molecule has 2 rings (SSSR count). The van der Waals surface area contributed by atoms with Crippen molar-refractivity contribution < 1.29 is 14.7 Å². The summed E-state index contributed by atoms with van der Waals surface area (Å²) in [5.74, 6) is -1.52. The maximum absolute atomic E-state index is 12.3. The molecule has 4 nitrogen and oxygen atoms in total. The van der Waals surface area contributed by atoms with Crippen LogP contribution in [0.25, 0.3) is 0 Å². The van der Waals surface area contributed by atoms with E-state index in [0.29, 0.717) is 11.1 Å². The first-order valence-corrected chi connectivity index (χ1v) is 6.61. The van der Waals surface area contributed by atoms with Gasteiger partial charge in [-0.1, -0.05) is 48.0 Å². The predicted octanol–water partition coefficient (Wildman–Crippen LogP) is 2.72. The van der Waals surface area contributed by atoms with Crippen molar-refractivity contribution in [1.29, 1.82) is 0 Å². The first-order valence-electron chi connectivity index (χ1n) is 6.61. The summed E-state index contributed by atoms with van der Waals surface area (Å²) in [5.41, 5.74) is 0.529. The Labute approximate surface area is 123 Å². The Morgan fingerprint density at radius 1 is 1.00 bits per heavy atom. The quantitative estimate of drug-likeness (QED) is 0.906. The van der Waals surface area contributed by atoms with Crippen LogP contribution >= 0.6 is 0 Å². The SMILES string of the molecule is Cc1ccc(C(=O)NC(C)(C(=O)O)c2ccccc2)cc1. The van der Waals surface area contributed by atoms with Gasteiger partial charge in [-0.2, -0.15) is 0 Å². The van der Waals surface area contributed by atoms with Crippen molar-refractivity contribution in [3.05, 3.63) is 71.3 Å². The fourth-order valence-corrected chi connectivity index (χ4v) is 2.02. The number of carbonyl (C=O) groups excluding carboxylic acids is 1. The molecule has 108 valence electrons. The molecule has 0 aliphatic heterocycles. The van der Waals surface area contributed by atoms with Crippen LogP contribution in [0.5, 0.6) is 0 Å². The lowest BCUT2D eigenvalue weighted by molar-refractivity contribution is -0.144. The lowest BCUT2D eigenvalue weighted by Crippen LogP contribution is -2.49. The summed E-state index contributed by atoms with van der Waals surface area (Å²) in [6.45, 7) is 3.41. The average Bonchev–Trinajstić information content (AvgIpc) is 2.48. The number of carboxylic acid groups (broad SMARTS) is 1. The van der Waals surface area contributed by atoms with Crippen LogP contribution in [0.2, 0.25) is 0 Å². The largest absolute Gasteiger partial charge is 0.479 e. The zero-order valence-electron chi connectivity index (χ0n) is 12.0. The highest BCUT2D eigenvalue weighted by Gasteiger charge is 2.36. The van der Waals surface area contributed by atoms with Crippen molar-refractivity contribution in [2.75, 3.05) is 0 Å². The lowest BCUT2D eigenvalue weighted by atomic mass is 9.91. The molecule has 0 heterocycles. The minimum Gasteiger partial charge on any atom is -0.479 e. The van der Waals surface area contributed by atoms with Gasteiger partial charge in [0.15, 0.2) is 5.54 Å². The van der Waals surface area contributed by atoms with E-state index in [9.17, 15) is 14.7 Å². The number of benzene rings is 2. The van der Waals surface area contributed by atoms with Gasteiger partial charge >= 0.3 is 5.97 Å². The topological polar surface area (TPSA) is 66.4 Å². The lowest BCUT2D eigenvalue weighted by Gasteiger charge is -2.26. The maximum atomic E-state index is 12.3. The summed E-state index contributed by atoms with van der Waals surface area (Å²) in [5, 5.41) is 12.1. The van der Waals surface area contributed by atoms with Crippen LogP contribution in [0.4, 0.5) is 0 Å². The molecule has 2 aromatic rings. The van der Waals surface area contributed by atoms with Crippen LogP contribution in [0.3, 0.4) is 0 Å². The first-order chi connectivity index (χ1) is 9.93. The van der Waals surface area contributed by atoms with Crippen LogP contribution in [-0.4, -0.2) is 17.0 Å². The molecule has 0 saturated heterocycles. The number of hydrogen-bond donors (Lipinski definition) is 2. The fraction of sp³-hybridized carbons (Fsp3) is 0.176. The fourth-order valence-electron chi connectivity index (χ4n) is 2.02. The van der Waals surface area contributed by atoms with Gasteiger partial charge in [-0.3, -0.25) is 4.79 Å². The molecule has 0 aliphatic rings. The summed E-state index contributed by atoms with van der Waals surface area (Å²) >= 11 is 0. The molecule has 0 radical (unpaired) electrons. The van der Waals surface area contributed by atoms with Gasteiger partial charge in [0.25, 0.3) is 5.91 Å². The summed E-state index contributed by atoms with van der Waals surface area (Å²) in [6, 6.07) is 15.6. The van der Waals surface area contributed by atoms with Crippen LogP contribution in [-0.2, 0) is 10.3 Å². The number of amides is 1. The normalized spacial score (nSPS) is 13.2. The Morgan fingerprint density at radius 3 is 2.10 bits per heavy atom. The average molecular weight is 283 g/mol.